The first-order valence-corrected chi connectivity index (χ1v) is 6.35. The molecule has 0 aromatic heterocycles. The summed E-state index contributed by atoms with van der Waals surface area (Å²) in [6.07, 6.45) is 0. The Hall–Kier alpha value is -2.48. The van der Waals surface area contributed by atoms with E-state index in [-0.39, 0.29) is 10.5 Å². The Balaban J connectivity index is 2.39. The molecule has 0 fully saturated rings. The fraction of sp³-hybridized carbons (Fsp3) is 0. The maximum absolute atomic E-state index is 13.5. The fourth-order valence-corrected chi connectivity index (χ4v) is 2.56. The van der Waals surface area contributed by atoms with Gasteiger partial charge in [0.05, 0.1) is 15.4 Å². The smallest absolute Gasteiger partial charge is 0.335 e. The molecule has 0 aliphatic carbocycles. The van der Waals surface area contributed by atoms with E-state index in [0.717, 1.165) is 17.8 Å². The lowest BCUT2D eigenvalue weighted by Crippen LogP contribution is -1.97. The van der Waals surface area contributed by atoms with Crippen LogP contribution in [0.5, 0.6) is 0 Å². The maximum Gasteiger partial charge on any atom is 0.335 e. The molecule has 0 amide bonds. The molecule has 8 heteroatoms. The molecule has 2 aromatic rings. The number of rotatable bonds is 4. The summed E-state index contributed by atoms with van der Waals surface area (Å²) in [5, 5.41) is 19.6. The number of carbonyl (C=O) groups is 1. The van der Waals surface area contributed by atoms with Crippen LogP contribution < -0.4 is 0 Å². The predicted molar refractivity (Wildman–Crippen MR) is 70.5 cm³/mol. The minimum absolute atomic E-state index is 0.0410. The summed E-state index contributed by atoms with van der Waals surface area (Å²) in [7, 11) is 0. The molecule has 0 aliphatic heterocycles. The molecule has 0 radical (unpaired) electrons. The van der Waals surface area contributed by atoms with Crippen molar-refractivity contribution < 1.29 is 23.6 Å². The van der Waals surface area contributed by atoms with Crippen molar-refractivity contribution >= 4 is 23.4 Å². The molecule has 5 nitrogen and oxygen atoms in total. The number of hydrogen-bond acceptors (Lipinski definition) is 4. The zero-order valence-electron chi connectivity index (χ0n) is 10.2. The quantitative estimate of drug-likeness (QED) is 0.687. The number of aromatic carboxylic acids is 1. The molecule has 21 heavy (non-hydrogen) atoms. The van der Waals surface area contributed by atoms with E-state index >= 15 is 0 Å². The molecule has 0 heterocycles. The van der Waals surface area contributed by atoms with Gasteiger partial charge in [0.1, 0.15) is 5.82 Å². The molecule has 0 saturated carbocycles. The average molecular weight is 311 g/mol. The number of nitrogens with zero attached hydrogens (tertiary/aromatic N) is 1. The van der Waals surface area contributed by atoms with Gasteiger partial charge >= 0.3 is 11.7 Å². The lowest BCUT2D eigenvalue weighted by atomic mass is 10.2. The predicted octanol–water partition coefficient (Wildman–Crippen LogP) is 3.72. The van der Waals surface area contributed by atoms with Gasteiger partial charge in [0.2, 0.25) is 5.82 Å². The third-order valence-corrected chi connectivity index (χ3v) is 3.54. The van der Waals surface area contributed by atoms with Crippen LogP contribution in [0.4, 0.5) is 14.5 Å². The second kappa shape index (κ2) is 5.88. The molecule has 0 aliphatic rings. The number of benzene rings is 2. The van der Waals surface area contributed by atoms with Crippen LogP contribution in [0.15, 0.2) is 46.2 Å². The Kier molecular flexibility index (Phi) is 4.18. The number of carboxylic acids is 1. The first-order valence-electron chi connectivity index (χ1n) is 5.53. The monoisotopic (exact) mass is 311 g/mol. The van der Waals surface area contributed by atoms with Crippen LogP contribution in [0.3, 0.4) is 0 Å². The van der Waals surface area contributed by atoms with Crippen molar-refractivity contribution in [3.63, 3.8) is 0 Å². The minimum atomic E-state index is -1.26. The number of carboxylic acid groups (broad SMARTS) is 1. The zero-order chi connectivity index (χ0) is 15.6. The number of nitro benzene ring substituents is 1. The van der Waals surface area contributed by atoms with Gasteiger partial charge in [-0.3, -0.25) is 10.1 Å². The Labute approximate surface area is 121 Å². The van der Waals surface area contributed by atoms with Crippen LogP contribution in [-0.2, 0) is 0 Å². The molecule has 2 aromatic carbocycles. The molecular weight excluding hydrogens is 304 g/mol. The van der Waals surface area contributed by atoms with Crippen molar-refractivity contribution in [2.45, 2.75) is 9.79 Å². The molecule has 0 unspecified atom stereocenters. The van der Waals surface area contributed by atoms with Gasteiger partial charge in [-0.05, 0) is 30.3 Å². The van der Waals surface area contributed by atoms with E-state index in [0.29, 0.717) is 11.0 Å². The lowest BCUT2D eigenvalue weighted by Gasteiger charge is -2.04. The highest BCUT2D eigenvalue weighted by molar-refractivity contribution is 7.99. The highest BCUT2D eigenvalue weighted by Crippen LogP contribution is 2.37. The Morgan fingerprint density at radius 1 is 1.19 bits per heavy atom. The zero-order valence-corrected chi connectivity index (χ0v) is 11.1. The van der Waals surface area contributed by atoms with Crippen molar-refractivity contribution in [1.29, 1.82) is 0 Å². The number of nitro groups is 1. The summed E-state index contributed by atoms with van der Waals surface area (Å²) in [5.74, 6) is -3.30. The van der Waals surface area contributed by atoms with Crippen molar-refractivity contribution in [2.24, 2.45) is 0 Å². The van der Waals surface area contributed by atoms with Crippen molar-refractivity contribution in [3.8, 4) is 0 Å². The summed E-state index contributed by atoms with van der Waals surface area (Å²) in [4.78, 5) is 20.8. The summed E-state index contributed by atoms with van der Waals surface area (Å²) in [5.41, 5.74) is -0.775. The van der Waals surface area contributed by atoms with Crippen LogP contribution in [0.2, 0.25) is 0 Å². The standard InChI is InChI=1S/C13H7F2NO4S/c14-8-5-10(15)12(16(19)20)11(6-8)21-9-3-1-7(2-4-9)13(17)18/h1-6H,(H,17,18). The first-order chi connectivity index (χ1) is 9.88. The topological polar surface area (TPSA) is 80.4 Å². The van der Waals surface area contributed by atoms with E-state index in [2.05, 4.69) is 0 Å². The molecule has 1 N–H and O–H groups in total. The van der Waals surface area contributed by atoms with Gasteiger partial charge in [-0.2, -0.15) is 4.39 Å². The molecule has 0 atom stereocenters. The van der Waals surface area contributed by atoms with Crippen molar-refractivity contribution in [1.82, 2.24) is 0 Å². The molecular formula is C13H7F2NO4S. The molecule has 0 spiro atoms. The van der Waals surface area contributed by atoms with Crippen molar-refractivity contribution in [2.75, 3.05) is 0 Å². The molecule has 0 saturated heterocycles. The molecule has 2 rings (SSSR count). The maximum atomic E-state index is 13.5. The summed E-state index contributed by atoms with van der Waals surface area (Å²) in [6.45, 7) is 0. The van der Waals surface area contributed by atoms with E-state index < -0.39 is 28.2 Å². The lowest BCUT2D eigenvalue weighted by molar-refractivity contribution is -0.390. The van der Waals surface area contributed by atoms with Gasteiger partial charge in [0, 0.05) is 11.0 Å². The third-order valence-electron chi connectivity index (χ3n) is 2.50. The normalized spacial score (nSPS) is 10.4. The largest absolute Gasteiger partial charge is 0.478 e. The third kappa shape index (κ3) is 3.34. The van der Waals surface area contributed by atoms with Gasteiger partial charge < -0.3 is 5.11 Å². The van der Waals surface area contributed by atoms with E-state index in [1.54, 1.807) is 0 Å². The minimum Gasteiger partial charge on any atom is -0.478 e. The summed E-state index contributed by atoms with van der Waals surface area (Å²) >= 11 is 0.777. The summed E-state index contributed by atoms with van der Waals surface area (Å²) in [6, 6.07) is 6.70. The molecule has 0 bridgehead atoms. The van der Waals surface area contributed by atoms with Gasteiger partial charge in [-0.25, -0.2) is 9.18 Å². The fourth-order valence-electron chi connectivity index (χ4n) is 1.59. The van der Waals surface area contributed by atoms with Crippen LogP contribution in [0.1, 0.15) is 10.4 Å². The highest BCUT2D eigenvalue weighted by atomic mass is 32.2. The van der Waals surface area contributed by atoms with Crippen LogP contribution in [0, 0.1) is 21.7 Å². The van der Waals surface area contributed by atoms with E-state index in [9.17, 15) is 23.7 Å². The number of halogens is 2. The Morgan fingerprint density at radius 3 is 2.33 bits per heavy atom. The van der Waals surface area contributed by atoms with Crippen LogP contribution in [-0.4, -0.2) is 16.0 Å². The Morgan fingerprint density at radius 2 is 1.81 bits per heavy atom. The van der Waals surface area contributed by atoms with E-state index in [4.69, 9.17) is 5.11 Å². The molecule has 108 valence electrons. The van der Waals surface area contributed by atoms with E-state index in [1.807, 2.05) is 0 Å². The van der Waals surface area contributed by atoms with Gasteiger partial charge in [0.25, 0.3) is 0 Å². The van der Waals surface area contributed by atoms with Gasteiger partial charge in [-0.15, -0.1) is 0 Å². The Bertz CT molecular complexity index is 719. The summed E-state index contributed by atoms with van der Waals surface area (Å²) < 4.78 is 26.7. The van der Waals surface area contributed by atoms with Gasteiger partial charge in [-0.1, -0.05) is 11.8 Å². The SMILES string of the molecule is O=C(O)c1ccc(Sc2cc(F)cc(F)c2[N+](=O)[O-])cc1. The number of hydrogen-bond donors (Lipinski definition) is 1. The van der Waals surface area contributed by atoms with Crippen LogP contribution in [0.25, 0.3) is 0 Å². The van der Waals surface area contributed by atoms with Gasteiger partial charge in [0.15, 0.2) is 0 Å². The average Bonchev–Trinajstić information content (AvgIpc) is 2.37. The first kappa shape index (κ1) is 14.9. The van der Waals surface area contributed by atoms with E-state index in [1.165, 1.54) is 24.3 Å². The highest BCUT2D eigenvalue weighted by Gasteiger charge is 2.22. The second-order valence-electron chi connectivity index (χ2n) is 3.92. The van der Waals surface area contributed by atoms with Crippen molar-refractivity contribution in [3.05, 3.63) is 63.7 Å². The second-order valence-corrected chi connectivity index (χ2v) is 5.04. The van der Waals surface area contributed by atoms with Crippen LogP contribution >= 0.6 is 11.8 Å².